The van der Waals surface area contributed by atoms with E-state index in [9.17, 15) is 0 Å². The highest BCUT2D eigenvalue weighted by Gasteiger charge is 2.08. The van der Waals surface area contributed by atoms with E-state index in [1.165, 1.54) is 0 Å². The summed E-state index contributed by atoms with van der Waals surface area (Å²) < 4.78 is 6.11. The zero-order valence-corrected chi connectivity index (χ0v) is 10.7. The van der Waals surface area contributed by atoms with E-state index >= 15 is 0 Å². The fourth-order valence-corrected chi connectivity index (χ4v) is 2.21. The van der Waals surface area contributed by atoms with Crippen LogP contribution in [0.5, 0.6) is 5.75 Å². The molecule has 0 amide bonds. The molecule has 78 valence electrons. The number of methoxy groups -OCH3 is 1. The number of alkyl halides is 1. The van der Waals surface area contributed by atoms with E-state index in [1.54, 1.807) is 7.11 Å². The van der Waals surface area contributed by atoms with Crippen LogP contribution < -0.4 is 4.74 Å². The fraction of sp³-hybridized carbons (Fsp3) is 0.455. The van der Waals surface area contributed by atoms with E-state index in [2.05, 4.69) is 22.9 Å². The Balaban J connectivity index is 2.85. The molecule has 0 aliphatic heterocycles. The summed E-state index contributed by atoms with van der Waals surface area (Å²) >= 11 is 9.66. The molecule has 1 nitrogen and oxygen atoms in total. The molecule has 3 heteroatoms. The first-order chi connectivity index (χ1) is 6.69. The summed E-state index contributed by atoms with van der Waals surface area (Å²) in [5.41, 5.74) is 1.14. The monoisotopic (exact) mass is 276 g/mol. The molecule has 0 heterocycles. The average Bonchev–Trinajstić information content (AvgIpc) is 2.18. The molecule has 1 unspecified atom stereocenters. The summed E-state index contributed by atoms with van der Waals surface area (Å²) in [5, 5.41) is 0.0993. The van der Waals surface area contributed by atoms with Crippen LogP contribution in [0.25, 0.3) is 0 Å². The number of halogens is 2. The highest BCUT2D eigenvalue weighted by Crippen LogP contribution is 2.32. The third-order valence-corrected chi connectivity index (χ3v) is 3.17. The van der Waals surface area contributed by atoms with Crippen molar-refractivity contribution in [2.45, 2.75) is 25.1 Å². The molecule has 1 aromatic carbocycles. The van der Waals surface area contributed by atoms with E-state index in [4.69, 9.17) is 16.3 Å². The van der Waals surface area contributed by atoms with Gasteiger partial charge >= 0.3 is 0 Å². The van der Waals surface area contributed by atoms with Crippen LogP contribution in [0, 0.1) is 0 Å². The van der Waals surface area contributed by atoms with E-state index < -0.39 is 0 Å². The Hall–Kier alpha value is -0.210. The van der Waals surface area contributed by atoms with Crippen molar-refractivity contribution < 1.29 is 4.74 Å². The molecule has 0 bridgehead atoms. The molecule has 0 spiro atoms. The van der Waals surface area contributed by atoms with Gasteiger partial charge in [-0.3, -0.25) is 0 Å². The first-order valence-electron chi connectivity index (χ1n) is 4.66. The van der Waals surface area contributed by atoms with E-state index in [0.29, 0.717) is 0 Å². The molecule has 0 aliphatic rings. The Labute approximate surface area is 98.5 Å². The highest BCUT2D eigenvalue weighted by molar-refractivity contribution is 9.10. The van der Waals surface area contributed by atoms with Crippen LogP contribution in [0.15, 0.2) is 22.7 Å². The highest BCUT2D eigenvalue weighted by atomic mass is 79.9. The lowest BCUT2D eigenvalue weighted by Crippen LogP contribution is -1.91. The van der Waals surface area contributed by atoms with Crippen molar-refractivity contribution >= 4 is 27.5 Å². The molecule has 0 aromatic heterocycles. The smallest absolute Gasteiger partial charge is 0.133 e. The van der Waals surface area contributed by atoms with Crippen molar-refractivity contribution in [1.29, 1.82) is 0 Å². The number of ether oxygens (including phenoxy) is 1. The molecule has 1 aromatic rings. The molecule has 1 rings (SSSR count). The van der Waals surface area contributed by atoms with E-state index in [-0.39, 0.29) is 5.38 Å². The van der Waals surface area contributed by atoms with Crippen molar-refractivity contribution in [2.75, 3.05) is 7.11 Å². The third kappa shape index (κ3) is 2.89. The van der Waals surface area contributed by atoms with Crippen LogP contribution >= 0.6 is 27.5 Å². The first-order valence-corrected chi connectivity index (χ1v) is 5.89. The van der Waals surface area contributed by atoms with Crippen molar-refractivity contribution in [3.8, 4) is 5.75 Å². The average molecular weight is 278 g/mol. The maximum absolute atomic E-state index is 6.21. The van der Waals surface area contributed by atoms with Crippen molar-refractivity contribution in [1.82, 2.24) is 0 Å². The lowest BCUT2D eigenvalue weighted by molar-refractivity contribution is 0.412. The van der Waals surface area contributed by atoms with Gasteiger partial charge in [0.2, 0.25) is 0 Å². The predicted molar refractivity (Wildman–Crippen MR) is 64.2 cm³/mol. The summed E-state index contributed by atoms with van der Waals surface area (Å²) in [4.78, 5) is 0. The van der Waals surface area contributed by atoms with Crippen molar-refractivity contribution in [3.05, 3.63) is 28.2 Å². The summed E-state index contributed by atoms with van der Waals surface area (Å²) in [5.74, 6) is 0.842. The minimum absolute atomic E-state index is 0.0993. The van der Waals surface area contributed by atoms with Crippen molar-refractivity contribution in [3.63, 3.8) is 0 Å². The Morgan fingerprint density at radius 3 is 2.71 bits per heavy atom. The maximum atomic E-state index is 6.21. The lowest BCUT2D eigenvalue weighted by Gasteiger charge is -2.10. The molecular weight excluding hydrogens is 263 g/mol. The Morgan fingerprint density at radius 1 is 1.50 bits per heavy atom. The minimum atomic E-state index is 0.0993. The minimum Gasteiger partial charge on any atom is -0.496 e. The van der Waals surface area contributed by atoms with Crippen LogP contribution in [0.1, 0.15) is 30.7 Å². The molecule has 0 saturated carbocycles. The third-order valence-electron chi connectivity index (χ3n) is 2.08. The second-order valence-corrected chi connectivity index (χ2v) is 4.53. The van der Waals surface area contributed by atoms with Gasteiger partial charge in [0.25, 0.3) is 0 Å². The van der Waals surface area contributed by atoms with Gasteiger partial charge in [0.1, 0.15) is 5.75 Å². The molecule has 0 N–H and O–H groups in total. The van der Waals surface area contributed by atoms with Gasteiger partial charge in [-0.1, -0.05) is 19.4 Å². The van der Waals surface area contributed by atoms with Crippen LogP contribution in [-0.4, -0.2) is 7.11 Å². The zero-order valence-electron chi connectivity index (χ0n) is 8.39. The summed E-state index contributed by atoms with van der Waals surface area (Å²) in [6.07, 6.45) is 2.10. The predicted octanol–water partition coefficient (Wildman–Crippen LogP) is 4.54. The normalized spacial score (nSPS) is 12.6. The first kappa shape index (κ1) is 11.9. The van der Waals surface area contributed by atoms with Crippen LogP contribution in [-0.2, 0) is 0 Å². The Kier molecular flexibility index (Phi) is 4.76. The second-order valence-electron chi connectivity index (χ2n) is 3.15. The summed E-state index contributed by atoms with van der Waals surface area (Å²) in [6, 6.07) is 5.97. The Morgan fingerprint density at radius 2 is 2.21 bits per heavy atom. The van der Waals surface area contributed by atoms with Gasteiger partial charge in [-0.25, -0.2) is 0 Å². The van der Waals surface area contributed by atoms with Crippen LogP contribution in [0.4, 0.5) is 0 Å². The van der Waals surface area contributed by atoms with Crippen LogP contribution in [0.2, 0.25) is 0 Å². The fourth-order valence-electron chi connectivity index (χ4n) is 1.30. The molecule has 14 heavy (non-hydrogen) atoms. The largest absolute Gasteiger partial charge is 0.496 e. The van der Waals surface area contributed by atoms with Crippen molar-refractivity contribution in [2.24, 2.45) is 0 Å². The maximum Gasteiger partial charge on any atom is 0.133 e. The topological polar surface area (TPSA) is 9.23 Å². The molecule has 0 aliphatic carbocycles. The number of benzene rings is 1. The molecule has 1 atom stereocenters. The summed E-state index contributed by atoms with van der Waals surface area (Å²) in [7, 11) is 1.66. The van der Waals surface area contributed by atoms with Gasteiger partial charge in [-0.15, -0.1) is 11.6 Å². The van der Waals surface area contributed by atoms with E-state index in [1.807, 2.05) is 18.2 Å². The lowest BCUT2D eigenvalue weighted by atomic mass is 10.1. The van der Waals surface area contributed by atoms with E-state index in [0.717, 1.165) is 28.6 Å². The molecule has 0 fully saturated rings. The number of hydrogen-bond acceptors (Lipinski definition) is 1. The van der Waals surface area contributed by atoms with Gasteiger partial charge in [0.05, 0.1) is 17.0 Å². The molecule has 0 radical (unpaired) electrons. The van der Waals surface area contributed by atoms with Gasteiger partial charge in [-0.2, -0.15) is 0 Å². The second kappa shape index (κ2) is 5.62. The quantitative estimate of drug-likeness (QED) is 0.734. The standard InChI is InChI=1S/C11H14BrClO/c1-3-4-10(13)8-5-6-11(14-2)9(12)7-8/h5-7,10H,3-4H2,1-2H3. The number of hydrogen-bond donors (Lipinski definition) is 0. The molecule has 0 saturated heterocycles. The molecular formula is C11H14BrClO. The zero-order chi connectivity index (χ0) is 10.6. The Bertz CT molecular complexity index is 301. The van der Waals surface area contributed by atoms with Gasteiger partial charge < -0.3 is 4.74 Å². The number of rotatable bonds is 4. The van der Waals surface area contributed by atoms with Gasteiger partial charge in [0.15, 0.2) is 0 Å². The van der Waals surface area contributed by atoms with Crippen LogP contribution in [0.3, 0.4) is 0 Å². The summed E-state index contributed by atoms with van der Waals surface area (Å²) in [6.45, 7) is 2.13. The van der Waals surface area contributed by atoms with Gasteiger partial charge in [-0.05, 0) is 40.0 Å². The van der Waals surface area contributed by atoms with Gasteiger partial charge in [0, 0.05) is 0 Å². The SMILES string of the molecule is CCCC(Cl)c1ccc(OC)c(Br)c1.